The Balaban J connectivity index is 1.41. The molecule has 4 aliphatic rings. The molecule has 2 nitrogen and oxygen atoms in total. The Morgan fingerprint density at radius 3 is 2.59 bits per heavy atom. The predicted molar refractivity (Wildman–Crippen MR) is 143 cm³/mol. The molecule has 194 valence electrons. The average Bonchev–Trinajstić information content (AvgIpc) is 3.15. The van der Waals surface area contributed by atoms with Crippen molar-refractivity contribution >= 4 is 17.6 Å². The quantitative estimate of drug-likeness (QED) is 0.183. The highest BCUT2D eigenvalue weighted by Crippen LogP contribution is 2.67. The highest BCUT2D eigenvalue weighted by atomic mass is 35.5. The minimum absolute atomic E-state index is 0.0588. The lowest BCUT2D eigenvalue weighted by Crippen LogP contribution is -2.51. The third-order valence-electron chi connectivity index (χ3n) is 11.1. The fourth-order valence-corrected chi connectivity index (χ4v) is 9.34. The number of rotatable bonds is 9. The monoisotopic (exact) mass is 490 g/mol. The first kappa shape index (κ1) is 26.6. The molecule has 0 bridgehead atoms. The van der Waals surface area contributed by atoms with Crippen molar-refractivity contribution < 1.29 is 9.53 Å². The highest BCUT2D eigenvalue weighted by molar-refractivity contribution is 6.17. The van der Waals surface area contributed by atoms with Crippen LogP contribution in [0.1, 0.15) is 118 Å². The first-order valence-electron chi connectivity index (χ1n) is 14.6. The summed E-state index contributed by atoms with van der Waals surface area (Å²) in [5.74, 6) is 5.70. The number of hydrogen-bond acceptors (Lipinski definition) is 2. The molecule has 4 rings (SSSR count). The van der Waals surface area contributed by atoms with Crippen LogP contribution in [0.15, 0.2) is 11.6 Å². The molecule has 0 aromatic carbocycles. The van der Waals surface area contributed by atoms with Gasteiger partial charge in [-0.2, -0.15) is 0 Å². The average molecular weight is 491 g/mol. The maximum Gasteiger partial charge on any atom is 0.306 e. The molecule has 0 saturated heterocycles. The molecule has 0 radical (unpaired) electrons. The third-order valence-corrected chi connectivity index (χ3v) is 11.3. The second kappa shape index (κ2) is 10.9. The van der Waals surface area contributed by atoms with E-state index in [1.54, 1.807) is 5.57 Å². The van der Waals surface area contributed by atoms with E-state index in [0.29, 0.717) is 23.1 Å². The standard InChI is InChI=1S/C31H51ClO2/c1-21(2)8-6-9-22(3)26-13-14-27-25-12-11-23-20-24(34-29(33)10-7-19-32)15-17-30(23,4)28(25)16-18-31(26,27)5/h11,21-22,24-28H,6-10,12-20H2,1-5H3/t22-,24-,25+,26-,27+,28+,30+,31-/m1/s1. The lowest BCUT2D eigenvalue weighted by atomic mass is 9.47. The van der Waals surface area contributed by atoms with E-state index < -0.39 is 0 Å². The molecule has 0 unspecified atom stereocenters. The molecule has 0 N–H and O–H groups in total. The van der Waals surface area contributed by atoms with Gasteiger partial charge in [-0.05, 0) is 97.7 Å². The Bertz CT molecular complexity index is 744. The van der Waals surface area contributed by atoms with Crippen LogP contribution in [0, 0.1) is 46.3 Å². The predicted octanol–water partition coefficient (Wildman–Crippen LogP) is 8.96. The molecule has 3 fully saturated rings. The molecule has 34 heavy (non-hydrogen) atoms. The summed E-state index contributed by atoms with van der Waals surface area (Å²) in [6.07, 6.45) is 18.3. The van der Waals surface area contributed by atoms with E-state index in [4.69, 9.17) is 16.3 Å². The molecule has 0 spiro atoms. The van der Waals surface area contributed by atoms with Crippen LogP contribution >= 0.6 is 11.6 Å². The Hall–Kier alpha value is -0.500. The number of halogens is 1. The van der Waals surface area contributed by atoms with Crippen molar-refractivity contribution in [1.29, 1.82) is 0 Å². The Morgan fingerprint density at radius 2 is 1.85 bits per heavy atom. The van der Waals surface area contributed by atoms with Gasteiger partial charge < -0.3 is 4.74 Å². The summed E-state index contributed by atoms with van der Waals surface area (Å²) in [7, 11) is 0. The van der Waals surface area contributed by atoms with E-state index in [1.807, 2.05) is 0 Å². The van der Waals surface area contributed by atoms with E-state index in [1.165, 1.54) is 57.8 Å². The third kappa shape index (κ3) is 5.14. The van der Waals surface area contributed by atoms with Crippen LogP contribution in [0.2, 0.25) is 0 Å². The van der Waals surface area contributed by atoms with Gasteiger partial charge in [0.25, 0.3) is 0 Å². The second-order valence-electron chi connectivity index (χ2n) is 13.4. The van der Waals surface area contributed by atoms with Crippen LogP contribution in [0.4, 0.5) is 0 Å². The smallest absolute Gasteiger partial charge is 0.306 e. The minimum atomic E-state index is -0.0588. The zero-order valence-corrected chi connectivity index (χ0v) is 23.5. The first-order valence-corrected chi connectivity index (χ1v) is 15.2. The van der Waals surface area contributed by atoms with Gasteiger partial charge in [-0.3, -0.25) is 4.79 Å². The van der Waals surface area contributed by atoms with Crippen molar-refractivity contribution in [2.24, 2.45) is 46.3 Å². The molecule has 0 amide bonds. The van der Waals surface area contributed by atoms with E-state index >= 15 is 0 Å². The van der Waals surface area contributed by atoms with Gasteiger partial charge in [0.1, 0.15) is 6.10 Å². The van der Waals surface area contributed by atoms with Crippen molar-refractivity contribution in [3.8, 4) is 0 Å². The molecule has 0 heterocycles. The molecule has 3 saturated carbocycles. The first-order chi connectivity index (χ1) is 16.2. The number of hydrogen-bond donors (Lipinski definition) is 0. The summed E-state index contributed by atoms with van der Waals surface area (Å²) < 4.78 is 5.86. The molecular formula is C31H51ClO2. The zero-order valence-electron chi connectivity index (χ0n) is 22.7. The number of ether oxygens (including phenoxy) is 1. The van der Waals surface area contributed by atoms with E-state index in [0.717, 1.165) is 54.8 Å². The Labute approximate surface area is 215 Å². The van der Waals surface area contributed by atoms with Crippen molar-refractivity contribution in [2.75, 3.05) is 5.88 Å². The summed E-state index contributed by atoms with van der Waals surface area (Å²) in [5.41, 5.74) is 2.48. The largest absolute Gasteiger partial charge is 0.462 e. The molecule has 3 heteroatoms. The number of esters is 1. The van der Waals surface area contributed by atoms with Gasteiger partial charge in [-0.15, -0.1) is 11.6 Å². The summed E-state index contributed by atoms with van der Waals surface area (Å²) in [4.78, 5) is 12.2. The van der Waals surface area contributed by atoms with E-state index in [-0.39, 0.29) is 12.1 Å². The maximum absolute atomic E-state index is 12.2. The molecule has 0 aromatic rings. The van der Waals surface area contributed by atoms with Gasteiger partial charge in [-0.1, -0.05) is 65.5 Å². The van der Waals surface area contributed by atoms with E-state index in [9.17, 15) is 4.79 Å². The van der Waals surface area contributed by atoms with Gasteiger partial charge in [0.05, 0.1) is 0 Å². The molecule has 0 aliphatic heterocycles. The number of allylic oxidation sites excluding steroid dienone is 1. The highest BCUT2D eigenvalue weighted by Gasteiger charge is 2.59. The molecule has 4 aliphatic carbocycles. The molecule has 8 atom stereocenters. The summed E-state index contributed by atoms with van der Waals surface area (Å²) in [5, 5.41) is 0. The summed E-state index contributed by atoms with van der Waals surface area (Å²) in [6.45, 7) is 12.5. The number of carbonyl (C=O) groups excluding carboxylic acids is 1. The normalized spacial score (nSPS) is 40.2. The fraction of sp³-hybridized carbons (Fsp3) is 0.903. The van der Waals surface area contributed by atoms with Gasteiger partial charge >= 0.3 is 5.97 Å². The van der Waals surface area contributed by atoms with Gasteiger partial charge in [-0.25, -0.2) is 0 Å². The van der Waals surface area contributed by atoms with Crippen LogP contribution < -0.4 is 0 Å². The van der Waals surface area contributed by atoms with Crippen molar-refractivity contribution in [3.05, 3.63) is 11.6 Å². The topological polar surface area (TPSA) is 26.3 Å². The molecular weight excluding hydrogens is 440 g/mol. The van der Waals surface area contributed by atoms with Gasteiger partial charge in [0.15, 0.2) is 0 Å². The number of alkyl halides is 1. The zero-order chi connectivity index (χ0) is 24.5. The summed E-state index contributed by atoms with van der Waals surface area (Å²) in [6, 6.07) is 0. The van der Waals surface area contributed by atoms with Crippen LogP contribution in [-0.4, -0.2) is 18.0 Å². The van der Waals surface area contributed by atoms with Crippen molar-refractivity contribution in [2.45, 2.75) is 124 Å². The van der Waals surface area contributed by atoms with Crippen LogP contribution in [0.5, 0.6) is 0 Å². The summed E-state index contributed by atoms with van der Waals surface area (Å²) >= 11 is 5.75. The lowest BCUT2D eigenvalue weighted by Gasteiger charge is -2.58. The van der Waals surface area contributed by atoms with E-state index in [2.05, 4.69) is 40.7 Å². The van der Waals surface area contributed by atoms with Crippen LogP contribution in [0.25, 0.3) is 0 Å². The van der Waals surface area contributed by atoms with Gasteiger partial charge in [0, 0.05) is 18.7 Å². The van der Waals surface area contributed by atoms with Crippen LogP contribution in [-0.2, 0) is 9.53 Å². The number of carbonyl (C=O) groups is 1. The minimum Gasteiger partial charge on any atom is -0.462 e. The molecule has 0 aromatic heterocycles. The van der Waals surface area contributed by atoms with Crippen molar-refractivity contribution in [3.63, 3.8) is 0 Å². The van der Waals surface area contributed by atoms with Crippen LogP contribution in [0.3, 0.4) is 0 Å². The Morgan fingerprint density at radius 1 is 1.06 bits per heavy atom. The van der Waals surface area contributed by atoms with Crippen molar-refractivity contribution in [1.82, 2.24) is 0 Å². The maximum atomic E-state index is 12.2. The lowest BCUT2D eigenvalue weighted by molar-refractivity contribution is -0.151. The Kier molecular flexibility index (Phi) is 8.48. The fourth-order valence-electron chi connectivity index (χ4n) is 9.21. The van der Waals surface area contributed by atoms with Gasteiger partial charge in [0.2, 0.25) is 0 Å². The SMILES string of the molecule is CC(C)CCC[C@@H](C)[C@H]1CC[C@H]2[C@@H]3CC=C4C[C@H](OC(=O)CCCCl)CC[C@]4(C)[C@H]3CC[C@]12C. The number of fused-ring (bicyclic) bond motifs is 5. The second-order valence-corrected chi connectivity index (χ2v) is 13.8.